The SMILES string of the molecule is NC([C]=O)c1cccs1. The molecular formula is C6H6NOS. The van der Waals surface area contributed by atoms with Crippen molar-refractivity contribution in [2.24, 2.45) is 5.73 Å². The maximum atomic E-state index is 9.96. The van der Waals surface area contributed by atoms with E-state index < -0.39 is 6.04 Å². The van der Waals surface area contributed by atoms with Gasteiger partial charge in [0.2, 0.25) is 6.29 Å². The van der Waals surface area contributed by atoms with E-state index in [-0.39, 0.29) is 0 Å². The van der Waals surface area contributed by atoms with E-state index in [0.717, 1.165) is 4.88 Å². The molecule has 2 nitrogen and oxygen atoms in total. The fourth-order valence-corrected chi connectivity index (χ4v) is 1.19. The molecule has 0 saturated heterocycles. The van der Waals surface area contributed by atoms with Crippen LogP contribution in [0.1, 0.15) is 10.9 Å². The average Bonchev–Trinajstić information content (AvgIpc) is 2.37. The van der Waals surface area contributed by atoms with Crippen molar-refractivity contribution >= 4 is 17.6 Å². The molecule has 0 saturated carbocycles. The van der Waals surface area contributed by atoms with E-state index >= 15 is 0 Å². The van der Waals surface area contributed by atoms with Gasteiger partial charge in [0, 0.05) is 4.88 Å². The third-order valence-corrected chi connectivity index (χ3v) is 1.93. The molecule has 1 aromatic rings. The molecule has 1 aromatic heterocycles. The standard InChI is InChI=1S/C6H6NOS/c7-5(4-8)6-2-1-3-9-6/h1-3,5H,7H2. The van der Waals surface area contributed by atoms with E-state index in [4.69, 9.17) is 5.73 Å². The van der Waals surface area contributed by atoms with Crippen molar-refractivity contribution in [1.29, 1.82) is 0 Å². The molecule has 0 spiro atoms. The first kappa shape index (κ1) is 6.45. The van der Waals surface area contributed by atoms with Crippen molar-refractivity contribution in [2.75, 3.05) is 0 Å². The van der Waals surface area contributed by atoms with Gasteiger partial charge in [0.1, 0.15) is 6.04 Å². The highest BCUT2D eigenvalue weighted by molar-refractivity contribution is 7.10. The first-order valence-electron chi connectivity index (χ1n) is 2.51. The van der Waals surface area contributed by atoms with Gasteiger partial charge in [-0.1, -0.05) is 6.07 Å². The fourth-order valence-electron chi connectivity index (χ4n) is 0.526. The second-order valence-electron chi connectivity index (χ2n) is 1.61. The summed E-state index contributed by atoms with van der Waals surface area (Å²) in [6.45, 7) is 0. The van der Waals surface area contributed by atoms with Crippen LogP contribution in [0.15, 0.2) is 17.5 Å². The maximum Gasteiger partial charge on any atom is 0.222 e. The quantitative estimate of drug-likeness (QED) is 0.662. The third-order valence-electron chi connectivity index (χ3n) is 0.977. The van der Waals surface area contributed by atoms with Crippen LogP contribution in [0, 0.1) is 0 Å². The van der Waals surface area contributed by atoms with Gasteiger partial charge in [0.15, 0.2) is 0 Å². The molecule has 0 aliphatic rings. The van der Waals surface area contributed by atoms with Crippen molar-refractivity contribution in [2.45, 2.75) is 6.04 Å². The monoisotopic (exact) mass is 140 g/mol. The summed E-state index contributed by atoms with van der Waals surface area (Å²) in [6, 6.07) is 3.13. The lowest BCUT2D eigenvalue weighted by Gasteiger charge is -1.94. The van der Waals surface area contributed by atoms with Gasteiger partial charge < -0.3 is 5.73 Å². The van der Waals surface area contributed by atoms with Crippen molar-refractivity contribution in [3.05, 3.63) is 22.4 Å². The van der Waals surface area contributed by atoms with Crippen molar-refractivity contribution in [3.63, 3.8) is 0 Å². The first-order chi connectivity index (χ1) is 4.34. The molecule has 1 radical (unpaired) electrons. The summed E-state index contributed by atoms with van der Waals surface area (Å²) in [5.74, 6) is 0. The number of hydrogen-bond donors (Lipinski definition) is 1. The molecule has 1 heterocycles. The first-order valence-corrected chi connectivity index (χ1v) is 3.39. The lowest BCUT2D eigenvalue weighted by atomic mass is 10.3. The van der Waals surface area contributed by atoms with E-state index in [1.54, 1.807) is 6.29 Å². The summed E-state index contributed by atoms with van der Waals surface area (Å²) in [5, 5.41) is 1.88. The summed E-state index contributed by atoms with van der Waals surface area (Å²) >= 11 is 1.47. The van der Waals surface area contributed by atoms with Crippen LogP contribution in [-0.4, -0.2) is 6.29 Å². The predicted molar refractivity (Wildman–Crippen MR) is 36.9 cm³/mol. The molecule has 0 bridgehead atoms. The van der Waals surface area contributed by atoms with Crippen LogP contribution in [0.25, 0.3) is 0 Å². The summed E-state index contributed by atoms with van der Waals surface area (Å²) in [7, 11) is 0. The van der Waals surface area contributed by atoms with E-state index in [1.807, 2.05) is 17.5 Å². The van der Waals surface area contributed by atoms with Crippen LogP contribution in [0.5, 0.6) is 0 Å². The Morgan fingerprint density at radius 1 is 1.78 bits per heavy atom. The Morgan fingerprint density at radius 2 is 2.56 bits per heavy atom. The van der Waals surface area contributed by atoms with Gasteiger partial charge in [-0.3, -0.25) is 4.79 Å². The van der Waals surface area contributed by atoms with Gasteiger partial charge in [0.05, 0.1) is 0 Å². The molecule has 0 amide bonds. The Labute approximate surface area is 57.3 Å². The van der Waals surface area contributed by atoms with E-state index in [0.29, 0.717) is 0 Å². The van der Waals surface area contributed by atoms with Gasteiger partial charge in [-0.15, -0.1) is 11.3 Å². The predicted octanol–water partition coefficient (Wildman–Crippen LogP) is 0.858. The Kier molecular flexibility index (Phi) is 1.97. The highest BCUT2D eigenvalue weighted by Gasteiger charge is 2.03. The number of carbonyl (C=O) groups excluding carboxylic acids is 1. The zero-order valence-corrected chi connectivity index (χ0v) is 5.52. The van der Waals surface area contributed by atoms with E-state index in [2.05, 4.69) is 0 Å². The summed E-state index contributed by atoms with van der Waals surface area (Å²) in [5.41, 5.74) is 5.33. The zero-order chi connectivity index (χ0) is 6.69. The Morgan fingerprint density at radius 3 is 3.00 bits per heavy atom. The largest absolute Gasteiger partial charge is 0.317 e. The average molecular weight is 140 g/mol. The Hall–Kier alpha value is -0.670. The maximum absolute atomic E-state index is 9.96. The Bertz CT molecular complexity index is 183. The molecule has 0 aliphatic heterocycles. The van der Waals surface area contributed by atoms with Crippen LogP contribution in [0.2, 0.25) is 0 Å². The normalized spacial score (nSPS) is 13.0. The highest BCUT2D eigenvalue weighted by Crippen LogP contribution is 2.13. The molecule has 3 heteroatoms. The molecule has 0 aromatic carbocycles. The topological polar surface area (TPSA) is 43.1 Å². The minimum Gasteiger partial charge on any atom is -0.317 e. The van der Waals surface area contributed by atoms with Crippen LogP contribution in [-0.2, 0) is 4.79 Å². The van der Waals surface area contributed by atoms with E-state index in [9.17, 15) is 4.79 Å². The lowest BCUT2D eigenvalue weighted by Crippen LogP contribution is -2.08. The summed E-state index contributed by atoms with van der Waals surface area (Å²) in [4.78, 5) is 10.8. The fraction of sp³-hybridized carbons (Fsp3) is 0.167. The lowest BCUT2D eigenvalue weighted by molar-refractivity contribution is 0.545. The molecule has 1 atom stereocenters. The number of thiophene rings is 1. The number of hydrogen-bond acceptors (Lipinski definition) is 3. The van der Waals surface area contributed by atoms with Gasteiger partial charge in [-0.05, 0) is 11.4 Å². The third kappa shape index (κ3) is 1.37. The highest BCUT2D eigenvalue weighted by atomic mass is 32.1. The zero-order valence-electron chi connectivity index (χ0n) is 4.70. The minimum absolute atomic E-state index is 0.551. The molecule has 1 unspecified atom stereocenters. The molecule has 2 N–H and O–H groups in total. The van der Waals surface area contributed by atoms with Crippen LogP contribution in [0.4, 0.5) is 0 Å². The molecule has 0 fully saturated rings. The minimum atomic E-state index is -0.551. The van der Waals surface area contributed by atoms with Crippen LogP contribution < -0.4 is 5.73 Å². The Balaban J connectivity index is 2.76. The van der Waals surface area contributed by atoms with Gasteiger partial charge in [0.25, 0.3) is 0 Å². The van der Waals surface area contributed by atoms with Gasteiger partial charge >= 0.3 is 0 Å². The van der Waals surface area contributed by atoms with E-state index in [1.165, 1.54) is 11.3 Å². The molecule has 0 aliphatic carbocycles. The number of nitrogens with two attached hydrogens (primary N) is 1. The van der Waals surface area contributed by atoms with Crippen LogP contribution in [0.3, 0.4) is 0 Å². The molecular weight excluding hydrogens is 134 g/mol. The van der Waals surface area contributed by atoms with Gasteiger partial charge in [-0.2, -0.15) is 0 Å². The number of rotatable bonds is 2. The second-order valence-corrected chi connectivity index (χ2v) is 2.59. The molecule has 9 heavy (non-hydrogen) atoms. The summed E-state index contributed by atoms with van der Waals surface area (Å²) < 4.78 is 0. The molecule has 1 rings (SSSR count). The second kappa shape index (κ2) is 2.75. The van der Waals surface area contributed by atoms with Crippen molar-refractivity contribution in [1.82, 2.24) is 0 Å². The van der Waals surface area contributed by atoms with Gasteiger partial charge in [-0.25, -0.2) is 0 Å². The smallest absolute Gasteiger partial charge is 0.222 e. The summed E-state index contributed by atoms with van der Waals surface area (Å²) in [6.07, 6.45) is 1.71. The van der Waals surface area contributed by atoms with Crippen molar-refractivity contribution in [3.8, 4) is 0 Å². The van der Waals surface area contributed by atoms with Crippen LogP contribution >= 0.6 is 11.3 Å². The van der Waals surface area contributed by atoms with Crippen molar-refractivity contribution < 1.29 is 4.79 Å². The molecule has 47 valence electrons.